The molecule has 2 nitrogen and oxygen atoms in total. The lowest BCUT2D eigenvalue weighted by Gasteiger charge is -2.07. The van der Waals surface area contributed by atoms with Crippen LogP contribution in [0, 0.1) is 0 Å². The van der Waals surface area contributed by atoms with Crippen molar-refractivity contribution in [2.45, 2.75) is 0 Å². The highest BCUT2D eigenvalue weighted by atomic mass is 35.5. The first-order valence-electron chi connectivity index (χ1n) is 5.59. The number of rotatable bonds is 2. The van der Waals surface area contributed by atoms with Crippen molar-refractivity contribution in [2.24, 2.45) is 0 Å². The van der Waals surface area contributed by atoms with Crippen molar-refractivity contribution in [1.29, 1.82) is 0 Å². The SMILES string of the molecule is Cl.c1ccc(-c2nccn2-c2ccccc2)cc1. The highest BCUT2D eigenvalue weighted by Crippen LogP contribution is 2.20. The Morgan fingerprint density at radius 1 is 0.778 bits per heavy atom. The summed E-state index contributed by atoms with van der Waals surface area (Å²) in [6.07, 6.45) is 3.81. The van der Waals surface area contributed by atoms with Crippen LogP contribution in [0.15, 0.2) is 73.1 Å². The minimum absolute atomic E-state index is 0. The van der Waals surface area contributed by atoms with Gasteiger partial charge in [-0.15, -0.1) is 12.4 Å². The fraction of sp³-hybridized carbons (Fsp3) is 0. The minimum Gasteiger partial charge on any atom is -0.300 e. The Morgan fingerprint density at radius 2 is 1.39 bits per heavy atom. The summed E-state index contributed by atoms with van der Waals surface area (Å²) in [6.45, 7) is 0. The Hall–Kier alpha value is -2.06. The summed E-state index contributed by atoms with van der Waals surface area (Å²) < 4.78 is 2.09. The van der Waals surface area contributed by atoms with Crippen LogP contribution in [0.5, 0.6) is 0 Å². The lowest BCUT2D eigenvalue weighted by atomic mass is 10.2. The number of imidazole rings is 1. The average Bonchev–Trinajstić information content (AvgIpc) is 2.90. The van der Waals surface area contributed by atoms with Gasteiger partial charge in [0.15, 0.2) is 0 Å². The number of hydrogen-bond donors (Lipinski definition) is 0. The lowest BCUT2D eigenvalue weighted by Crippen LogP contribution is -1.95. The van der Waals surface area contributed by atoms with E-state index in [2.05, 4.69) is 33.8 Å². The van der Waals surface area contributed by atoms with E-state index in [1.807, 2.05) is 48.8 Å². The summed E-state index contributed by atoms with van der Waals surface area (Å²) in [6, 6.07) is 20.4. The Morgan fingerprint density at radius 3 is 2.06 bits per heavy atom. The van der Waals surface area contributed by atoms with Gasteiger partial charge in [-0.3, -0.25) is 4.57 Å². The Balaban J connectivity index is 0.00000120. The van der Waals surface area contributed by atoms with Crippen LogP contribution in [0.3, 0.4) is 0 Å². The van der Waals surface area contributed by atoms with Crippen molar-refractivity contribution < 1.29 is 0 Å². The van der Waals surface area contributed by atoms with Crippen LogP contribution >= 0.6 is 12.4 Å². The first-order valence-corrected chi connectivity index (χ1v) is 5.59. The Labute approximate surface area is 112 Å². The minimum atomic E-state index is 0. The molecule has 0 bridgehead atoms. The molecule has 0 spiro atoms. The van der Waals surface area contributed by atoms with E-state index in [1.54, 1.807) is 0 Å². The molecule has 2 aromatic carbocycles. The highest BCUT2D eigenvalue weighted by molar-refractivity contribution is 5.85. The van der Waals surface area contributed by atoms with E-state index in [0.717, 1.165) is 17.1 Å². The molecule has 3 heteroatoms. The van der Waals surface area contributed by atoms with Gasteiger partial charge in [0.05, 0.1) is 0 Å². The summed E-state index contributed by atoms with van der Waals surface area (Å²) in [5.74, 6) is 0.969. The Kier molecular flexibility index (Phi) is 3.80. The van der Waals surface area contributed by atoms with Crippen LogP contribution in [0.4, 0.5) is 0 Å². The van der Waals surface area contributed by atoms with Crippen molar-refractivity contribution >= 4 is 12.4 Å². The van der Waals surface area contributed by atoms with Crippen molar-refractivity contribution in [3.05, 3.63) is 73.1 Å². The van der Waals surface area contributed by atoms with E-state index in [1.165, 1.54) is 0 Å². The van der Waals surface area contributed by atoms with Gasteiger partial charge in [0.25, 0.3) is 0 Å². The standard InChI is InChI=1S/C15H12N2.ClH/c1-3-7-13(8-4-1)15-16-11-12-17(15)14-9-5-2-6-10-14;/h1-12H;1H. The number of nitrogens with zero attached hydrogens (tertiary/aromatic N) is 2. The van der Waals surface area contributed by atoms with Gasteiger partial charge in [0.2, 0.25) is 0 Å². The molecule has 0 radical (unpaired) electrons. The van der Waals surface area contributed by atoms with Crippen LogP contribution in [-0.4, -0.2) is 9.55 Å². The summed E-state index contributed by atoms with van der Waals surface area (Å²) in [5, 5.41) is 0. The molecule has 0 aliphatic heterocycles. The molecule has 3 aromatic rings. The molecule has 18 heavy (non-hydrogen) atoms. The maximum Gasteiger partial charge on any atom is 0.144 e. The third-order valence-corrected chi connectivity index (χ3v) is 2.71. The number of aromatic nitrogens is 2. The molecule has 0 amide bonds. The molecule has 0 N–H and O–H groups in total. The first-order chi connectivity index (χ1) is 8.45. The number of halogens is 1. The molecule has 90 valence electrons. The van der Waals surface area contributed by atoms with Gasteiger partial charge < -0.3 is 0 Å². The van der Waals surface area contributed by atoms with E-state index in [-0.39, 0.29) is 12.4 Å². The van der Waals surface area contributed by atoms with Gasteiger partial charge in [-0.25, -0.2) is 4.98 Å². The molecule has 0 aliphatic rings. The largest absolute Gasteiger partial charge is 0.300 e. The van der Waals surface area contributed by atoms with E-state index >= 15 is 0 Å². The molecule has 1 aromatic heterocycles. The van der Waals surface area contributed by atoms with Crippen LogP contribution in [0.2, 0.25) is 0 Å². The second-order valence-corrected chi connectivity index (χ2v) is 3.82. The zero-order chi connectivity index (χ0) is 11.5. The maximum absolute atomic E-state index is 4.43. The van der Waals surface area contributed by atoms with Crippen LogP contribution in [0.1, 0.15) is 0 Å². The number of para-hydroxylation sites is 1. The summed E-state index contributed by atoms with van der Waals surface area (Å²) in [5.41, 5.74) is 2.25. The second-order valence-electron chi connectivity index (χ2n) is 3.82. The fourth-order valence-electron chi connectivity index (χ4n) is 1.90. The quantitative estimate of drug-likeness (QED) is 0.679. The van der Waals surface area contributed by atoms with Crippen molar-refractivity contribution in [1.82, 2.24) is 9.55 Å². The molecular formula is C15H13ClN2. The second kappa shape index (κ2) is 5.52. The number of benzene rings is 2. The maximum atomic E-state index is 4.43. The smallest absolute Gasteiger partial charge is 0.144 e. The topological polar surface area (TPSA) is 17.8 Å². The zero-order valence-corrected chi connectivity index (χ0v) is 10.5. The summed E-state index contributed by atoms with van der Waals surface area (Å²) in [4.78, 5) is 4.43. The van der Waals surface area contributed by atoms with E-state index in [4.69, 9.17) is 0 Å². The number of hydrogen-bond acceptors (Lipinski definition) is 1. The first kappa shape index (κ1) is 12.4. The van der Waals surface area contributed by atoms with E-state index < -0.39 is 0 Å². The van der Waals surface area contributed by atoms with E-state index in [0.29, 0.717) is 0 Å². The molecule has 0 unspecified atom stereocenters. The third-order valence-electron chi connectivity index (χ3n) is 2.71. The normalized spacial score (nSPS) is 9.78. The van der Waals surface area contributed by atoms with Gasteiger partial charge in [-0.1, -0.05) is 48.5 Å². The van der Waals surface area contributed by atoms with Gasteiger partial charge in [0.1, 0.15) is 5.82 Å². The van der Waals surface area contributed by atoms with Crippen molar-refractivity contribution in [3.63, 3.8) is 0 Å². The van der Waals surface area contributed by atoms with Crippen LogP contribution < -0.4 is 0 Å². The van der Waals surface area contributed by atoms with Gasteiger partial charge in [0, 0.05) is 23.6 Å². The highest BCUT2D eigenvalue weighted by Gasteiger charge is 2.05. The van der Waals surface area contributed by atoms with Crippen LogP contribution in [0.25, 0.3) is 17.1 Å². The van der Waals surface area contributed by atoms with Crippen molar-refractivity contribution in [3.8, 4) is 17.1 Å². The molecule has 0 saturated heterocycles. The molecule has 0 aliphatic carbocycles. The third kappa shape index (κ3) is 2.29. The molecule has 0 saturated carbocycles. The molecule has 0 atom stereocenters. The molecule has 3 rings (SSSR count). The fourth-order valence-corrected chi connectivity index (χ4v) is 1.90. The van der Waals surface area contributed by atoms with Crippen molar-refractivity contribution in [2.75, 3.05) is 0 Å². The van der Waals surface area contributed by atoms with Gasteiger partial charge >= 0.3 is 0 Å². The van der Waals surface area contributed by atoms with Gasteiger partial charge in [-0.2, -0.15) is 0 Å². The Bertz CT molecular complexity index is 549. The molecule has 1 heterocycles. The van der Waals surface area contributed by atoms with Gasteiger partial charge in [-0.05, 0) is 12.1 Å². The summed E-state index contributed by atoms with van der Waals surface area (Å²) >= 11 is 0. The zero-order valence-electron chi connectivity index (χ0n) is 9.73. The predicted molar refractivity (Wildman–Crippen MR) is 76.2 cm³/mol. The molecule has 0 fully saturated rings. The monoisotopic (exact) mass is 256 g/mol. The lowest BCUT2D eigenvalue weighted by molar-refractivity contribution is 1.07. The average molecular weight is 257 g/mol. The molecular weight excluding hydrogens is 244 g/mol. The van der Waals surface area contributed by atoms with E-state index in [9.17, 15) is 0 Å². The predicted octanol–water partition coefficient (Wildman–Crippen LogP) is 3.96. The summed E-state index contributed by atoms with van der Waals surface area (Å²) in [7, 11) is 0. The van der Waals surface area contributed by atoms with Crippen LogP contribution in [-0.2, 0) is 0 Å².